The van der Waals surface area contributed by atoms with Gasteiger partial charge in [-0.05, 0) is 25.8 Å². The molecule has 90 valence electrons. The van der Waals surface area contributed by atoms with Crippen LogP contribution in [0.4, 0.5) is 0 Å². The van der Waals surface area contributed by atoms with E-state index in [0.29, 0.717) is 6.61 Å². The molecule has 0 aliphatic carbocycles. The van der Waals surface area contributed by atoms with Gasteiger partial charge in [0.15, 0.2) is 0 Å². The second-order valence-corrected chi connectivity index (χ2v) is 4.49. The Bertz CT molecular complexity index is 280. The predicted molar refractivity (Wildman–Crippen MR) is 66.0 cm³/mol. The lowest BCUT2D eigenvalue weighted by molar-refractivity contribution is -0.358. The van der Waals surface area contributed by atoms with Gasteiger partial charge in [-0.25, -0.2) is 9.78 Å². The first kappa shape index (κ1) is 13.2. The highest BCUT2D eigenvalue weighted by Gasteiger charge is 2.22. The van der Waals surface area contributed by atoms with E-state index in [1.54, 1.807) is 0 Å². The normalized spacial score (nSPS) is 11.7. The Morgan fingerprint density at radius 3 is 2.38 bits per heavy atom. The van der Waals surface area contributed by atoms with Crippen LogP contribution in [0.2, 0.25) is 0 Å². The molecular weight excluding hydrogens is 200 g/mol. The average molecular weight is 222 g/mol. The van der Waals surface area contributed by atoms with Gasteiger partial charge >= 0.3 is 0 Å². The van der Waals surface area contributed by atoms with Crippen molar-refractivity contribution in [2.45, 2.75) is 45.6 Å². The van der Waals surface area contributed by atoms with Crippen molar-refractivity contribution in [3.8, 4) is 0 Å². The molecule has 0 unspecified atom stereocenters. The van der Waals surface area contributed by atoms with Gasteiger partial charge < -0.3 is 0 Å². The smallest absolute Gasteiger partial charge is 0.123 e. The van der Waals surface area contributed by atoms with E-state index < -0.39 is 0 Å². The fraction of sp³-hybridized carbons (Fsp3) is 0.571. The number of rotatable bonds is 7. The van der Waals surface area contributed by atoms with E-state index in [1.807, 2.05) is 32.0 Å². The summed E-state index contributed by atoms with van der Waals surface area (Å²) >= 11 is 0. The highest BCUT2D eigenvalue weighted by molar-refractivity contribution is 5.20. The van der Waals surface area contributed by atoms with Crippen molar-refractivity contribution in [3.05, 3.63) is 35.9 Å². The van der Waals surface area contributed by atoms with Gasteiger partial charge in [0, 0.05) is 0 Å². The monoisotopic (exact) mass is 222 g/mol. The molecule has 0 saturated carbocycles. The zero-order valence-corrected chi connectivity index (χ0v) is 10.5. The maximum atomic E-state index is 5.46. The van der Waals surface area contributed by atoms with Crippen LogP contribution in [0, 0.1) is 0 Å². The number of benzene rings is 1. The van der Waals surface area contributed by atoms with E-state index >= 15 is 0 Å². The molecule has 0 aromatic heterocycles. The Balaban J connectivity index is 2.35. The van der Waals surface area contributed by atoms with Gasteiger partial charge in [-0.3, -0.25) is 0 Å². The second kappa shape index (κ2) is 6.66. The van der Waals surface area contributed by atoms with Gasteiger partial charge in [0.25, 0.3) is 0 Å². The molecule has 1 aromatic carbocycles. The maximum Gasteiger partial charge on any atom is 0.123 e. The van der Waals surface area contributed by atoms with Crippen LogP contribution in [0.15, 0.2) is 30.3 Å². The Hall–Kier alpha value is -0.860. The first-order valence-electron chi connectivity index (χ1n) is 6.03. The first-order valence-corrected chi connectivity index (χ1v) is 6.03. The minimum atomic E-state index is -0.381. The molecule has 0 saturated heterocycles. The summed E-state index contributed by atoms with van der Waals surface area (Å²) in [5.74, 6) is 0. The van der Waals surface area contributed by atoms with Crippen LogP contribution in [0.5, 0.6) is 0 Å². The molecule has 1 rings (SSSR count). The average Bonchev–Trinajstić information content (AvgIpc) is 2.30. The van der Waals surface area contributed by atoms with E-state index in [9.17, 15) is 0 Å². The zero-order valence-electron chi connectivity index (χ0n) is 10.5. The Kier molecular flexibility index (Phi) is 5.50. The molecule has 0 radical (unpaired) electrons. The summed E-state index contributed by atoms with van der Waals surface area (Å²) in [6.07, 6.45) is 3.45. The highest BCUT2D eigenvalue weighted by Crippen LogP contribution is 2.24. The molecule has 0 heterocycles. The Morgan fingerprint density at radius 2 is 1.75 bits per heavy atom. The zero-order chi connectivity index (χ0) is 11.9. The molecule has 16 heavy (non-hydrogen) atoms. The van der Waals surface area contributed by atoms with E-state index in [1.165, 1.54) is 12.8 Å². The fourth-order valence-corrected chi connectivity index (χ4v) is 1.49. The SMILES string of the molecule is CCCCCOOC(C)(C)c1ccccc1. The Labute approximate surface area is 98.5 Å². The molecule has 0 amide bonds. The van der Waals surface area contributed by atoms with E-state index in [4.69, 9.17) is 9.78 Å². The molecule has 0 fully saturated rings. The molecule has 0 atom stereocenters. The summed E-state index contributed by atoms with van der Waals surface area (Å²) < 4.78 is 0. The summed E-state index contributed by atoms with van der Waals surface area (Å²) in [5, 5.41) is 0. The molecule has 0 spiro atoms. The van der Waals surface area contributed by atoms with E-state index in [-0.39, 0.29) is 5.60 Å². The highest BCUT2D eigenvalue weighted by atomic mass is 17.2. The summed E-state index contributed by atoms with van der Waals surface area (Å²) in [6, 6.07) is 10.1. The molecule has 2 nitrogen and oxygen atoms in total. The van der Waals surface area contributed by atoms with Crippen LogP contribution in [-0.2, 0) is 15.4 Å². The lowest BCUT2D eigenvalue weighted by atomic mass is 9.99. The number of hydrogen-bond acceptors (Lipinski definition) is 2. The van der Waals surface area contributed by atoms with Crippen LogP contribution in [0.1, 0.15) is 45.6 Å². The first-order chi connectivity index (χ1) is 7.67. The topological polar surface area (TPSA) is 18.5 Å². The molecule has 1 aromatic rings. The van der Waals surface area contributed by atoms with E-state index in [2.05, 4.69) is 19.1 Å². The molecular formula is C14H22O2. The van der Waals surface area contributed by atoms with Crippen LogP contribution in [0.25, 0.3) is 0 Å². The fourth-order valence-electron chi connectivity index (χ4n) is 1.49. The van der Waals surface area contributed by atoms with Crippen LogP contribution in [-0.4, -0.2) is 6.61 Å². The summed E-state index contributed by atoms with van der Waals surface area (Å²) in [6.45, 7) is 6.88. The quantitative estimate of drug-likeness (QED) is 0.393. The standard InChI is InChI=1S/C14H22O2/c1-4-5-9-12-15-16-14(2,3)13-10-7-6-8-11-13/h6-8,10-11H,4-5,9,12H2,1-3H3. The largest absolute Gasteiger partial charge is 0.236 e. The minimum absolute atomic E-state index is 0.381. The molecule has 0 aliphatic rings. The molecule has 0 N–H and O–H groups in total. The summed E-state index contributed by atoms with van der Waals surface area (Å²) in [5.41, 5.74) is 0.749. The predicted octanol–water partition coefficient (Wildman–Crippen LogP) is 4.06. The lowest BCUT2D eigenvalue weighted by Crippen LogP contribution is -2.22. The number of unbranched alkanes of at least 4 members (excludes halogenated alkanes) is 2. The number of hydrogen-bond donors (Lipinski definition) is 0. The third-order valence-electron chi connectivity index (χ3n) is 2.57. The third-order valence-corrected chi connectivity index (χ3v) is 2.57. The molecule has 2 heteroatoms. The minimum Gasteiger partial charge on any atom is -0.236 e. The van der Waals surface area contributed by atoms with Crippen LogP contribution >= 0.6 is 0 Å². The third kappa shape index (κ3) is 4.33. The van der Waals surface area contributed by atoms with Crippen LogP contribution in [0.3, 0.4) is 0 Å². The van der Waals surface area contributed by atoms with E-state index in [0.717, 1.165) is 12.0 Å². The second-order valence-electron chi connectivity index (χ2n) is 4.49. The summed E-state index contributed by atoms with van der Waals surface area (Å²) in [7, 11) is 0. The van der Waals surface area contributed by atoms with Crippen molar-refractivity contribution < 1.29 is 9.78 Å². The van der Waals surface area contributed by atoms with Gasteiger partial charge in [0.1, 0.15) is 5.60 Å². The van der Waals surface area contributed by atoms with Crippen molar-refractivity contribution in [2.75, 3.05) is 6.61 Å². The molecule has 0 bridgehead atoms. The lowest BCUT2D eigenvalue weighted by Gasteiger charge is -2.23. The van der Waals surface area contributed by atoms with Gasteiger partial charge in [-0.2, -0.15) is 0 Å². The summed E-state index contributed by atoms with van der Waals surface area (Å²) in [4.78, 5) is 10.7. The maximum absolute atomic E-state index is 5.46. The van der Waals surface area contributed by atoms with Crippen molar-refractivity contribution in [2.24, 2.45) is 0 Å². The van der Waals surface area contributed by atoms with Gasteiger partial charge in [-0.1, -0.05) is 50.1 Å². The van der Waals surface area contributed by atoms with Gasteiger partial charge in [0.05, 0.1) is 6.61 Å². The van der Waals surface area contributed by atoms with Gasteiger partial charge in [-0.15, -0.1) is 0 Å². The van der Waals surface area contributed by atoms with Crippen LogP contribution < -0.4 is 0 Å². The van der Waals surface area contributed by atoms with Crippen molar-refractivity contribution in [1.29, 1.82) is 0 Å². The van der Waals surface area contributed by atoms with Gasteiger partial charge in [0.2, 0.25) is 0 Å². The van der Waals surface area contributed by atoms with Crippen molar-refractivity contribution >= 4 is 0 Å². The van der Waals surface area contributed by atoms with Crippen molar-refractivity contribution in [1.82, 2.24) is 0 Å². The Morgan fingerprint density at radius 1 is 1.06 bits per heavy atom. The van der Waals surface area contributed by atoms with Crippen molar-refractivity contribution in [3.63, 3.8) is 0 Å². The molecule has 0 aliphatic heterocycles.